The number of nitrogens with zero attached hydrogens (tertiary/aromatic N) is 2. The maximum atomic E-state index is 12.6. The summed E-state index contributed by atoms with van der Waals surface area (Å²) in [6.07, 6.45) is 5.92. The molecule has 0 aliphatic carbocycles. The van der Waals surface area contributed by atoms with E-state index in [1.54, 1.807) is 4.90 Å². The molecule has 2 heterocycles. The maximum absolute atomic E-state index is 12.6. The first-order valence-corrected chi connectivity index (χ1v) is 8.74. The van der Waals surface area contributed by atoms with Crippen LogP contribution in [0.25, 0.3) is 6.08 Å². The number of carbonyl (C=O) groups is 1. The van der Waals surface area contributed by atoms with Gasteiger partial charge in [0.1, 0.15) is 9.23 Å². The van der Waals surface area contributed by atoms with E-state index in [2.05, 4.69) is 42.7 Å². The Balaban J connectivity index is 2.12. The van der Waals surface area contributed by atoms with Crippen molar-refractivity contribution in [3.8, 4) is 0 Å². The summed E-state index contributed by atoms with van der Waals surface area (Å²) in [6, 6.07) is 6.33. The number of hydrogen-bond acceptors (Lipinski definition) is 4. The first kappa shape index (κ1) is 16.0. The molecule has 0 unspecified atom stereocenters. The van der Waals surface area contributed by atoms with Crippen LogP contribution >= 0.6 is 24.0 Å². The number of anilines is 1. The van der Waals surface area contributed by atoms with Crippen molar-refractivity contribution in [1.29, 1.82) is 0 Å². The van der Waals surface area contributed by atoms with Crippen molar-refractivity contribution in [3.05, 3.63) is 58.7 Å². The second-order valence-electron chi connectivity index (χ2n) is 5.43. The van der Waals surface area contributed by atoms with Crippen LogP contribution in [0, 0.1) is 6.92 Å². The molecule has 0 saturated carbocycles. The van der Waals surface area contributed by atoms with Crippen molar-refractivity contribution in [1.82, 2.24) is 4.90 Å². The van der Waals surface area contributed by atoms with E-state index in [0.717, 1.165) is 16.9 Å². The molecule has 0 radical (unpaired) electrons. The predicted octanol–water partition coefficient (Wildman–Crippen LogP) is 4.11. The molecule has 2 aliphatic rings. The minimum atomic E-state index is -0.00762. The summed E-state index contributed by atoms with van der Waals surface area (Å²) in [4.78, 5) is 17.1. The van der Waals surface area contributed by atoms with Crippen molar-refractivity contribution in [2.45, 2.75) is 13.8 Å². The van der Waals surface area contributed by atoms with Crippen LogP contribution in [-0.4, -0.2) is 28.2 Å². The van der Waals surface area contributed by atoms with E-state index in [-0.39, 0.29) is 5.91 Å². The Labute approximate surface area is 146 Å². The van der Waals surface area contributed by atoms with Crippen molar-refractivity contribution < 1.29 is 4.79 Å². The lowest BCUT2D eigenvalue weighted by molar-refractivity contribution is -0.122. The largest absolute Gasteiger partial charge is 0.336 e. The predicted molar refractivity (Wildman–Crippen MR) is 102 cm³/mol. The molecular weight excluding hydrogens is 324 g/mol. The van der Waals surface area contributed by atoms with Crippen LogP contribution in [0.3, 0.4) is 0 Å². The maximum Gasteiger partial charge on any atom is 0.268 e. The molecule has 1 fully saturated rings. The number of aryl methyl sites for hydroxylation is 1. The highest BCUT2D eigenvalue weighted by atomic mass is 32.2. The average Bonchev–Trinajstić information content (AvgIpc) is 2.81. The number of thioether (sulfide) groups is 1. The summed E-state index contributed by atoms with van der Waals surface area (Å²) in [5, 5.41) is 0. The highest BCUT2D eigenvalue weighted by Gasteiger charge is 2.35. The molecule has 3 nitrogen and oxygen atoms in total. The zero-order valence-electron chi connectivity index (χ0n) is 13.2. The monoisotopic (exact) mass is 342 g/mol. The fraction of sp³-hybridized carbons (Fsp3) is 0.222. The van der Waals surface area contributed by atoms with Gasteiger partial charge in [0.2, 0.25) is 0 Å². The quantitative estimate of drug-likeness (QED) is 0.469. The van der Waals surface area contributed by atoms with Crippen LogP contribution in [-0.2, 0) is 4.79 Å². The molecule has 1 aromatic rings. The van der Waals surface area contributed by atoms with Crippen molar-refractivity contribution >= 4 is 46.0 Å². The number of benzene rings is 1. The fourth-order valence-electron chi connectivity index (χ4n) is 2.79. The van der Waals surface area contributed by atoms with Crippen LogP contribution in [0.4, 0.5) is 5.69 Å². The number of rotatable bonds is 3. The van der Waals surface area contributed by atoms with Crippen LogP contribution in [0.15, 0.2) is 47.5 Å². The number of thiocarbonyl (C=S) groups is 1. The van der Waals surface area contributed by atoms with Gasteiger partial charge in [-0.25, -0.2) is 0 Å². The number of likely N-dealkylation sites (N-methyl/N-ethyl adjacent to an activating group) is 1. The van der Waals surface area contributed by atoms with E-state index in [9.17, 15) is 4.79 Å². The Morgan fingerprint density at radius 1 is 1.30 bits per heavy atom. The summed E-state index contributed by atoms with van der Waals surface area (Å²) in [7, 11) is 0. The number of amides is 1. The van der Waals surface area contributed by atoms with Crippen LogP contribution < -0.4 is 4.90 Å². The fourth-order valence-corrected chi connectivity index (χ4v) is 4.23. The molecule has 1 saturated heterocycles. The Kier molecular flexibility index (Phi) is 4.41. The SMILES string of the molecule is C=CCN1/C(=C2/SC(=S)N(CC)C2=O)C=Cc2cc(C)ccc21. The third-order valence-corrected chi connectivity index (χ3v) is 5.35. The van der Waals surface area contributed by atoms with E-state index >= 15 is 0 Å². The number of carbonyl (C=O) groups excluding carboxylic acids is 1. The molecule has 0 aromatic heterocycles. The highest BCUT2D eigenvalue weighted by molar-refractivity contribution is 8.26. The number of fused-ring (bicyclic) bond motifs is 1. The summed E-state index contributed by atoms with van der Waals surface area (Å²) in [5.41, 5.74) is 4.36. The summed E-state index contributed by atoms with van der Waals surface area (Å²) >= 11 is 6.71. The minimum absolute atomic E-state index is 0.00762. The smallest absolute Gasteiger partial charge is 0.268 e. The third-order valence-electron chi connectivity index (χ3n) is 3.90. The van der Waals surface area contributed by atoms with Gasteiger partial charge in [-0.1, -0.05) is 47.8 Å². The third kappa shape index (κ3) is 2.75. The first-order valence-electron chi connectivity index (χ1n) is 7.52. The number of allylic oxidation sites excluding steroid dienone is 1. The molecule has 5 heteroatoms. The topological polar surface area (TPSA) is 23.6 Å². The summed E-state index contributed by atoms with van der Waals surface area (Å²) in [6.45, 7) is 9.12. The van der Waals surface area contributed by atoms with Gasteiger partial charge in [-0.3, -0.25) is 9.69 Å². The van der Waals surface area contributed by atoms with Gasteiger partial charge in [0.05, 0.1) is 5.70 Å². The van der Waals surface area contributed by atoms with Crippen molar-refractivity contribution in [2.75, 3.05) is 18.0 Å². The molecule has 0 atom stereocenters. The zero-order valence-corrected chi connectivity index (χ0v) is 14.8. The first-order chi connectivity index (χ1) is 11.1. The molecular formula is C18H18N2OS2. The molecule has 3 rings (SSSR count). The van der Waals surface area contributed by atoms with Crippen LogP contribution in [0.2, 0.25) is 0 Å². The lowest BCUT2D eigenvalue weighted by atomic mass is 10.0. The standard InChI is InChI=1S/C18H18N2OS2/c1-4-10-20-14-8-6-12(3)11-13(14)7-9-15(20)16-17(21)19(5-2)18(22)23-16/h4,6-9,11H,1,5,10H2,2-3H3/b16-15+. The summed E-state index contributed by atoms with van der Waals surface area (Å²) in [5.74, 6) is -0.00762. The lowest BCUT2D eigenvalue weighted by Crippen LogP contribution is -2.30. The van der Waals surface area contributed by atoms with E-state index in [4.69, 9.17) is 12.2 Å². The Morgan fingerprint density at radius 2 is 2.09 bits per heavy atom. The van der Waals surface area contributed by atoms with Gasteiger partial charge in [0.15, 0.2) is 0 Å². The molecule has 0 spiro atoms. The molecule has 1 aromatic carbocycles. The van der Waals surface area contributed by atoms with E-state index in [1.165, 1.54) is 17.3 Å². The molecule has 0 bridgehead atoms. The summed E-state index contributed by atoms with van der Waals surface area (Å²) < 4.78 is 0.627. The lowest BCUT2D eigenvalue weighted by Gasteiger charge is -2.30. The second kappa shape index (κ2) is 6.34. The zero-order chi connectivity index (χ0) is 16.6. The molecule has 0 N–H and O–H groups in total. The molecule has 1 amide bonds. The average molecular weight is 342 g/mol. The van der Waals surface area contributed by atoms with Gasteiger partial charge in [0, 0.05) is 18.8 Å². The molecule has 118 valence electrons. The molecule has 23 heavy (non-hydrogen) atoms. The van der Waals surface area contributed by atoms with E-state index in [1.807, 2.05) is 19.1 Å². The van der Waals surface area contributed by atoms with Gasteiger partial charge in [0.25, 0.3) is 5.91 Å². The Morgan fingerprint density at radius 3 is 2.74 bits per heavy atom. The van der Waals surface area contributed by atoms with Crippen molar-refractivity contribution in [3.63, 3.8) is 0 Å². The second-order valence-corrected chi connectivity index (χ2v) is 7.07. The minimum Gasteiger partial charge on any atom is -0.336 e. The van der Waals surface area contributed by atoms with Gasteiger partial charge < -0.3 is 4.90 Å². The van der Waals surface area contributed by atoms with Gasteiger partial charge in [-0.05, 0) is 37.6 Å². The van der Waals surface area contributed by atoms with Gasteiger partial charge in [-0.15, -0.1) is 6.58 Å². The Bertz CT molecular complexity index is 764. The van der Waals surface area contributed by atoms with E-state index < -0.39 is 0 Å². The normalized spacial score (nSPS) is 20.3. The number of hydrogen-bond donors (Lipinski definition) is 0. The van der Waals surface area contributed by atoms with Crippen molar-refractivity contribution in [2.24, 2.45) is 0 Å². The highest BCUT2D eigenvalue weighted by Crippen LogP contribution is 2.39. The van der Waals surface area contributed by atoms with Crippen LogP contribution in [0.1, 0.15) is 18.1 Å². The molecule has 2 aliphatic heterocycles. The Hall–Kier alpha value is -1.85. The van der Waals surface area contributed by atoms with E-state index in [0.29, 0.717) is 22.3 Å². The van der Waals surface area contributed by atoms with Crippen LogP contribution in [0.5, 0.6) is 0 Å². The van der Waals surface area contributed by atoms with Gasteiger partial charge in [-0.2, -0.15) is 0 Å². The van der Waals surface area contributed by atoms with Gasteiger partial charge >= 0.3 is 0 Å².